The summed E-state index contributed by atoms with van der Waals surface area (Å²) in [6, 6.07) is 0.217. The highest BCUT2D eigenvalue weighted by molar-refractivity contribution is 5.67. The fourth-order valence-corrected chi connectivity index (χ4v) is 1.49. The van der Waals surface area contributed by atoms with Gasteiger partial charge in [-0.15, -0.1) is 0 Å². The molecule has 0 spiro atoms. The molecule has 0 aliphatic heterocycles. The van der Waals surface area contributed by atoms with Crippen molar-refractivity contribution in [2.24, 2.45) is 0 Å². The lowest BCUT2D eigenvalue weighted by Gasteiger charge is -2.15. The zero-order valence-electron chi connectivity index (χ0n) is 8.51. The lowest BCUT2D eigenvalue weighted by atomic mass is 10.3. The fraction of sp³-hybridized carbons (Fsp3) is 0.900. The first-order chi connectivity index (χ1) is 6.22. The van der Waals surface area contributed by atoms with Crippen LogP contribution >= 0.6 is 0 Å². The van der Waals surface area contributed by atoms with Crippen molar-refractivity contribution in [3.05, 3.63) is 0 Å². The largest absolute Gasteiger partial charge is 0.446 e. The van der Waals surface area contributed by atoms with Crippen molar-refractivity contribution in [1.29, 1.82) is 0 Å². The molecule has 0 aromatic rings. The van der Waals surface area contributed by atoms with E-state index in [1.54, 1.807) is 0 Å². The van der Waals surface area contributed by atoms with Crippen molar-refractivity contribution in [3.8, 4) is 0 Å². The third kappa shape index (κ3) is 3.66. The van der Waals surface area contributed by atoms with Crippen LogP contribution in [0, 0.1) is 0 Å². The van der Waals surface area contributed by atoms with Crippen LogP contribution in [0.4, 0.5) is 4.79 Å². The number of hydrogen-bond donors (Lipinski definition) is 1. The van der Waals surface area contributed by atoms with E-state index in [2.05, 4.69) is 5.32 Å². The van der Waals surface area contributed by atoms with Gasteiger partial charge in [0, 0.05) is 6.04 Å². The van der Waals surface area contributed by atoms with Gasteiger partial charge in [-0.25, -0.2) is 4.79 Å². The Labute approximate surface area is 79.8 Å². The van der Waals surface area contributed by atoms with Crippen molar-refractivity contribution >= 4 is 6.09 Å². The SMILES string of the molecule is CC[C@H](C)NC(=O)OC1CCCC1. The van der Waals surface area contributed by atoms with Gasteiger partial charge in [0.15, 0.2) is 0 Å². The lowest BCUT2D eigenvalue weighted by molar-refractivity contribution is 0.0982. The summed E-state index contributed by atoms with van der Waals surface area (Å²) in [5, 5.41) is 2.80. The van der Waals surface area contributed by atoms with Gasteiger partial charge < -0.3 is 10.1 Å². The smallest absolute Gasteiger partial charge is 0.407 e. The van der Waals surface area contributed by atoms with Gasteiger partial charge in [0.05, 0.1) is 0 Å². The molecule has 1 rings (SSSR count). The summed E-state index contributed by atoms with van der Waals surface area (Å²) in [6.07, 6.45) is 5.33. The van der Waals surface area contributed by atoms with Crippen LogP contribution in [0.5, 0.6) is 0 Å². The molecule has 0 aromatic heterocycles. The molecule has 3 nitrogen and oxygen atoms in total. The minimum atomic E-state index is -0.249. The van der Waals surface area contributed by atoms with Gasteiger partial charge in [0.2, 0.25) is 0 Å². The Morgan fingerprint density at radius 1 is 1.54 bits per heavy atom. The molecule has 1 N–H and O–H groups in total. The molecule has 1 fully saturated rings. The fourth-order valence-electron chi connectivity index (χ4n) is 1.49. The molecule has 1 aliphatic carbocycles. The Hall–Kier alpha value is -0.730. The summed E-state index contributed by atoms with van der Waals surface area (Å²) in [6.45, 7) is 4.02. The zero-order valence-corrected chi connectivity index (χ0v) is 8.51. The Kier molecular flexibility index (Phi) is 4.06. The van der Waals surface area contributed by atoms with E-state index in [1.165, 1.54) is 12.8 Å². The Balaban J connectivity index is 2.16. The first-order valence-corrected chi connectivity index (χ1v) is 5.19. The third-order valence-corrected chi connectivity index (χ3v) is 2.55. The molecule has 1 atom stereocenters. The summed E-state index contributed by atoms with van der Waals surface area (Å²) >= 11 is 0. The minimum Gasteiger partial charge on any atom is -0.446 e. The lowest BCUT2D eigenvalue weighted by Crippen LogP contribution is -2.34. The molecular weight excluding hydrogens is 166 g/mol. The van der Waals surface area contributed by atoms with E-state index < -0.39 is 0 Å². The minimum absolute atomic E-state index is 0.170. The van der Waals surface area contributed by atoms with E-state index in [9.17, 15) is 4.79 Å². The van der Waals surface area contributed by atoms with Gasteiger partial charge in [-0.05, 0) is 39.0 Å². The van der Waals surface area contributed by atoms with E-state index in [-0.39, 0.29) is 18.2 Å². The van der Waals surface area contributed by atoms with E-state index in [1.807, 2.05) is 13.8 Å². The molecule has 0 unspecified atom stereocenters. The number of amides is 1. The number of alkyl carbamates (subject to hydrolysis) is 1. The zero-order chi connectivity index (χ0) is 9.68. The van der Waals surface area contributed by atoms with Crippen LogP contribution in [0.3, 0.4) is 0 Å². The van der Waals surface area contributed by atoms with Crippen LogP contribution in [0.2, 0.25) is 0 Å². The predicted octanol–water partition coefficient (Wildman–Crippen LogP) is 2.45. The molecule has 0 saturated heterocycles. The molecule has 76 valence electrons. The molecule has 1 amide bonds. The van der Waals surface area contributed by atoms with Gasteiger partial charge in [-0.2, -0.15) is 0 Å². The van der Waals surface area contributed by atoms with Gasteiger partial charge >= 0.3 is 6.09 Å². The highest BCUT2D eigenvalue weighted by Gasteiger charge is 2.19. The van der Waals surface area contributed by atoms with Crippen molar-refractivity contribution in [2.75, 3.05) is 0 Å². The summed E-state index contributed by atoms with van der Waals surface area (Å²) in [5.41, 5.74) is 0. The van der Waals surface area contributed by atoms with Crippen molar-refractivity contribution < 1.29 is 9.53 Å². The van der Waals surface area contributed by atoms with Crippen LogP contribution in [0.25, 0.3) is 0 Å². The first kappa shape index (κ1) is 10.4. The standard InChI is InChI=1S/C10H19NO2/c1-3-8(2)11-10(12)13-9-6-4-5-7-9/h8-9H,3-7H2,1-2H3,(H,11,12)/t8-/m0/s1. The van der Waals surface area contributed by atoms with E-state index in [0.717, 1.165) is 19.3 Å². The number of rotatable bonds is 3. The summed E-state index contributed by atoms with van der Waals surface area (Å²) < 4.78 is 5.23. The second-order valence-electron chi connectivity index (χ2n) is 3.77. The van der Waals surface area contributed by atoms with Crippen molar-refractivity contribution in [2.45, 2.75) is 58.1 Å². The number of carbonyl (C=O) groups is 1. The molecule has 1 saturated carbocycles. The average Bonchev–Trinajstić information content (AvgIpc) is 2.56. The molecule has 1 aliphatic rings. The van der Waals surface area contributed by atoms with Crippen LogP contribution < -0.4 is 5.32 Å². The normalized spacial score (nSPS) is 19.8. The van der Waals surface area contributed by atoms with Crippen molar-refractivity contribution in [3.63, 3.8) is 0 Å². The Morgan fingerprint density at radius 2 is 2.15 bits per heavy atom. The monoisotopic (exact) mass is 185 g/mol. The van der Waals surface area contributed by atoms with Crippen LogP contribution in [0.15, 0.2) is 0 Å². The number of ether oxygens (including phenoxy) is 1. The Morgan fingerprint density at radius 3 is 2.69 bits per heavy atom. The van der Waals surface area contributed by atoms with E-state index in [4.69, 9.17) is 4.74 Å². The van der Waals surface area contributed by atoms with Gasteiger partial charge in [-0.1, -0.05) is 6.92 Å². The maximum absolute atomic E-state index is 11.2. The maximum Gasteiger partial charge on any atom is 0.407 e. The second-order valence-corrected chi connectivity index (χ2v) is 3.77. The Bertz CT molecular complexity index is 164. The van der Waals surface area contributed by atoms with Crippen molar-refractivity contribution in [1.82, 2.24) is 5.32 Å². The summed E-state index contributed by atoms with van der Waals surface area (Å²) in [4.78, 5) is 11.2. The van der Waals surface area contributed by atoms with Gasteiger partial charge in [0.1, 0.15) is 6.10 Å². The molecular formula is C10H19NO2. The quantitative estimate of drug-likeness (QED) is 0.733. The van der Waals surface area contributed by atoms with E-state index >= 15 is 0 Å². The topological polar surface area (TPSA) is 38.3 Å². The molecule has 13 heavy (non-hydrogen) atoms. The molecule has 0 aromatic carbocycles. The average molecular weight is 185 g/mol. The first-order valence-electron chi connectivity index (χ1n) is 5.19. The maximum atomic E-state index is 11.2. The predicted molar refractivity (Wildman–Crippen MR) is 51.6 cm³/mol. The van der Waals surface area contributed by atoms with E-state index in [0.29, 0.717) is 0 Å². The summed E-state index contributed by atoms with van der Waals surface area (Å²) in [5.74, 6) is 0. The van der Waals surface area contributed by atoms with Crippen LogP contribution in [-0.4, -0.2) is 18.2 Å². The van der Waals surface area contributed by atoms with Crippen LogP contribution in [-0.2, 0) is 4.74 Å². The molecule has 0 heterocycles. The number of nitrogens with one attached hydrogen (secondary N) is 1. The highest BCUT2D eigenvalue weighted by atomic mass is 16.6. The van der Waals surface area contributed by atoms with Crippen LogP contribution in [0.1, 0.15) is 46.0 Å². The molecule has 0 bridgehead atoms. The molecule has 0 radical (unpaired) electrons. The summed E-state index contributed by atoms with van der Waals surface area (Å²) in [7, 11) is 0. The molecule has 3 heteroatoms. The third-order valence-electron chi connectivity index (χ3n) is 2.55. The second kappa shape index (κ2) is 5.10. The number of hydrogen-bond acceptors (Lipinski definition) is 2. The highest BCUT2D eigenvalue weighted by Crippen LogP contribution is 2.20. The van der Waals surface area contributed by atoms with Gasteiger partial charge in [0.25, 0.3) is 0 Å². The van der Waals surface area contributed by atoms with Gasteiger partial charge in [-0.3, -0.25) is 0 Å². The number of carbonyl (C=O) groups excluding carboxylic acids is 1.